The first-order chi connectivity index (χ1) is 8.83. The van der Waals surface area contributed by atoms with Crippen LogP contribution in [-0.4, -0.2) is 28.6 Å². The van der Waals surface area contributed by atoms with Gasteiger partial charge in [0, 0.05) is 11.6 Å². The monoisotopic (exact) mass is 263 g/mol. The molecule has 1 aromatic carbocycles. The molecule has 0 fully saturated rings. The van der Waals surface area contributed by atoms with Crippen LogP contribution in [0.5, 0.6) is 0 Å². The predicted octanol–water partition coefficient (Wildman–Crippen LogP) is 3.79. The summed E-state index contributed by atoms with van der Waals surface area (Å²) in [5.74, 6) is 0. The van der Waals surface area contributed by atoms with Crippen molar-refractivity contribution in [1.82, 2.24) is 4.90 Å². The molecular formula is C17H29NO. The number of hydrogen-bond acceptors (Lipinski definition) is 2. The molecule has 2 nitrogen and oxygen atoms in total. The number of likely N-dealkylation sites (N-methyl/N-ethyl adjacent to an activating group) is 1. The molecule has 108 valence electrons. The van der Waals surface area contributed by atoms with Gasteiger partial charge < -0.3 is 5.11 Å². The lowest BCUT2D eigenvalue weighted by Crippen LogP contribution is -2.48. The van der Waals surface area contributed by atoms with Crippen LogP contribution in [-0.2, 0) is 6.42 Å². The maximum atomic E-state index is 10.5. The topological polar surface area (TPSA) is 23.5 Å². The van der Waals surface area contributed by atoms with E-state index in [1.807, 2.05) is 12.1 Å². The SMILES string of the molecule is CCc1ccc(C(O)C(C)N(C)C(C)(C)CC)cc1. The van der Waals surface area contributed by atoms with E-state index in [1.165, 1.54) is 5.56 Å². The third-order valence-electron chi connectivity index (χ3n) is 4.62. The molecule has 1 aromatic rings. The minimum atomic E-state index is -0.443. The molecule has 0 radical (unpaired) electrons. The Kier molecular flexibility index (Phi) is 5.57. The van der Waals surface area contributed by atoms with E-state index in [0.29, 0.717) is 0 Å². The standard InChI is InChI=1S/C17H29NO/c1-7-14-9-11-15(12-10-14)16(19)13(3)18(6)17(4,5)8-2/h9-13,16,19H,7-8H2,1-6H3. The van der Waals surface area contributed by atoms with Crippen LogP contribution in [0.25, 0.3) is 0 Å². The summed E-state index contributed by atoms with van der Waals surface area (Å²) in [4.78, 5) is 2.27. The first kappa shape index (κ1) is 16.2. The van der Waals surface area contributed by atoms with Gasteiger partial charge in [-0.3, -0.25) is 4.90 Å². The van der Waals surface area contributed by atoms with Gasteiger partial charge in [-0.05, 0) is 51.8 Å². The lowest BCUT2D eigenvalue weighted by molar-refractivity contribution is 0.0166. The minimum absolute atomic E-state index is 0.0995. The second-order valence-electron chi connectivity index (χ2n) is 6.06. The summed E-state index contributed by atoms with van der Waals surface area (Å²) >= 11 is 0. The first-order valence-corrected chi connectivity index (χ1v) is 7.33. The first-order valence-electron chi connectivity index (χ1n) is 7.33. The van der Waals surface area contributed by atoms with E-state index in [2.05, 4.69) is 58.7 Å². The highest BCUT2D eigenvalue weighted by Crippen LogP contribution is 2.27. The van der Waals surface area contributed by atoms with Gasteiger partial charge in [0.15, 0.2) is 0 Å². The molecule has 1 rings (SSSR count). The van der Waals surface area contributed by atoms with Gasteiger partial charge in [-0.25, -0.2) is 0 Å². The lowest BCUT2D eigenvalue weighted by atomic mass is 9.94. The number of aliphatic hydroxyl groups excluding tert-OH is 1. The Hall–Kier alpha value is -0.860. The Balaban J connectivity index is 2.83. The van der Waals surface area contributed by atoms with E-state index < -0.39 is 6.10 Å². The second-order valence-corrected chi connectivity index (χ2v) is 6.06. The molecule has 2 atom stereocenters. The summed E-state index contributed by atoms with van der Waals surface area (Å²) in [5.41, 5.74) is 2.42. The molecule has 0 heterocycles. The van der Waals surface area contributed by atoms with E-state index in [-0.39, 0.29) is 11.6 Å². The summed E-state index contributed by atoms with van der Waals surface area (Å²) in [6, 6.07) is 8.41. The Bertz CT molecular complexity index is 383. The van der Waals surface area contributed by atoms with Gasteiger partial charge in [-0.2, -0.15) is 0 Å². The Morgan fingerprint density at radius 1 is 1.16 bits per heavy atom. The largest absolute Gasteiger partial charge is 0.387 e. The Labute approximate surface area is 118 Å². The van der Waals surface area contributed by atoms with E-state index in [0.717, 1.165) is 18.4 Å². The zero-order valence-electron chi connectivity index (χ0n) is 13.3. The van der Waals surface area contributed by atoms with Crippen LogP contribution >= 0.6 is 0 Å². The average molecular weight is 263 g/mol. The number of hydrogen-bond donors (Lipinski definition) is 1. The third-order valence-corrected chi connectivity index (χ3v) is 4.62. The maximum absolute atomic E-state index is 10.5. The molecule has 1 N–H and O–H groups in total. The van der Waals surface area contributed by atoms with Gasteiger partial charge in [0.2, 0.25) is 0 Å². The smallest absolute Gasteiger partial charge is 0.0942 e. The number of aryl methyl sites for hydroxylation is 1. The molecule has 0 saturated heterocycles. The van der Waals surface area contributed by atoms with Gasteiger partial charge in [-0.15, -0.1) is 0 Å². The van der Waals surface area contributed by atoms with Crippen molar-refractivity contribution in [2.24, 2.45) is 0 Å². The molecule has 2 heteroatoms. The van der Waals surface area contributed by atoms with Crippen LogP contribution in [0, 0.1) is 0 Å². The van der Waals surface area contributed by atoms with Crippen molar-refractivity contribution in [2.45, 2.75) is 65.1 Å². The molecule has 2 unspecified atom stereocenters. The van der Waals surface area contributed by atoms with Crippen LogP contribution < -0.4 is 0 Å². The van der Waals surface area contributed by atoms with Crippen LogP contribution in [0.2, 0.25) is 0 Å². The molecular weight excluding hydrogens is 234 g/mol. The van der Waals surface area contributed by atoms with Crippen molar-refractivity contribution in [1.29, 1.82) is 0 Å². The number of aliphatic hydroxyl groups is 1. The van der Waals surface area contributed by atoms with Crippen molar-refractivity contribution < 1.29 is 5.11 Å². The molecule has 0 aromatic heterocycles. The highest BCUT2D eigenvalue weighted by molar-refractivity contribution is 5.25. The Morgan fingerprint density at radius 2 is 1.68 bits per heavy atom. The Morgan fingerprint density at radius 3 is 2.11 bits per heavy atom. The maximum Gasteiger partial charge on any atom is 0.0942 e. The minimum Gasteiger partial charge on any atom is -0.387 e. The van der Waals surface area contributed by atoms with Crippen LogP contribution in [0.3, 0.4) is 0 Å². The summed E-state index contributed by atoms with van der Waals surface area (Å²) in [6.45, 7) is 10.9. The fourth-order valence-corrected chi connectivity index (χ4v) is 2.24. The lowest BCUT2D eigenvalue weighted by Gasteiger charge is -2.41. The normalized spacial score (nSPS) is 15.6. The molecule has 0 amide bonds. The average Bonchev–Trinajstić information content (AvgIpc) is 2.44. The fourth-order valence-electron chi connectivity index (χ4n) is 2.24. The van der Waals surface area contributed by atoms with E-state index in [9.17, 15) is 5.11 Å². The van der Waals surface area contributed by atoms with Gasteiger partial charge in [0.1, 0.15) is 0 Å². The van der Waals surface area contributed by atoms with Gasteiger partial charge in [0.25, 0.3) is 0 Å². The molecule has 0 spiro atoms. The number of rotatable bonds is 6. The fraction of sp³-hybridized carbons (Fsp3) is 0.647. The molecule has 0 bridgehead atoms. The van der Waals surface area contributed by atoms with Crippen molar-refractivity contribution in [3.63, 3.8) is 0 Å². The van der Waals surface area contributed by atoms with Crippen molar-refractivity contribution >= 4 is 0 Å². The highest BCUT2D eigenvalue weighted by atomic mass is 16.3. The van der Waals surface area contributed by atoms with Gasteiger partial charge in [-0.1, -0.05) is 38.1 Å². The predicted molar refractivity (Wildman–Crippen MR) is 82.4 cm³/mol. The van der Waals surface area contributed by atoms with Crippen LogP contribution in [0.1, 0.15) is 58.3 Å². The van der Waals surface area contributed by atoms with Gasteiger partial charge >= 0.3 is 0 Å². The zero-order valence-corrected chi connectivity index (χ0v) is 13.3. The molecule has 0 saturated carbocycles. The molecule has 0 aliphatic heterocycles. The highest BCUT2D eigenvalue weighted by Gasteiger charge is 2.29. The van der Waals surface area contributed by atoms with Gasteiger partial charge in [0.05, 0.1) is 6.10 Å². The van der Waals surface area contributed by atoms with Crippen molar-refractivity contribution in [2.75, 3.05) is 7.05 Å². The van der Waals surface area contributed by atoms with E-state index in [1.54, 1.807) is 0 Å². The molecule has 0 aliphatic rings. The number of benzene rings is 1. The quantitative estimate of drug-likeness (QED) is 0.844. The van der Waals surface area contributed by atoms with E-state index >= 15 is 0 Å². The van der Waals surface area contributed by atoms with Crippen LogP contribution in [0.4, 0.5) is 0 Å². The summed E-state index contributed by atoms with van der Waals surface area (Å²) in [5, 5.41) is 10.5. The number of nitrogens with zero attached hydrogens (tertiary/aromatic N) is 1. The van der Waals surface area contributed by atoms with Crippen LogP contribution in [0.15, 0.2) is 24.3 Å². The second kappa shape index (κ2) is 6.53. The summed E-state index contributed by atoms with van der Waals surface area (Å²) in [6.07, 6.45) is 1.66. The van der Waals surface area contributed by atoms with Crippen molar-refractivity contribution in [3.05, 3.63) is 35.4 Å². The molecule has 0 aliphatic carbocycles. The zero-order chi connectivity index (χ0) is 14.6. The summed E-state index contributed by atoms with van der Waals surface area (Å²) < 4.78 is 0. The molecule has 19 heavy (non-hydrogen) atoms. The van der Waals surface area contributed by atoms with E-state index in [4.69, 9.17) is 0 Å². The summed E-state index contributed by atoms with van der Waals surface area (Å²) in [7, 11) is 2.10. The third kappa shape index (κ3) is 3.80. The van der Waals surface area contributed by atoms with Crippen molar-refractivity contribution in [3.8, 4) is 0 Å².